The molecule has 1 unspecified atom stereocenters. The van der Waals surface area contributed by atoms with Crippen molar-refractivity contribution in [1.82, 2.24) is 25.5 Å². The fraction of sp³-hybridized carbons (Fsp3) is 0.550. The minimum Gasteiger partial charge on any atom is -0.495 e. The van der Waals surface area contributed by atoms with E-state index in [9.17, 15) is 24.3 Å². The number of hydrogen-bond donors (Lipinski definition) is 3. The van der Waals surface area contributed by atoms with Gasteiger partial charge in [-0.1, -0.05) is 52.3 Å². The molecule has 3 aliphatic carbocycles. The number of hydrogen-bond acceptors (Lipinski definition) is 10. The molecule has 15 heteroatoms. The maximum Gasteiger partial charge on any atom is 0.408 e. The lowest BCUT2D eigenvalue weighted by Crippen LogP contribution is -2.59. The van der Waals surface area contributed by atoms with Crippen LogP contribution in [0.5, 0.6) is 11.5 Å². The van der Waals surface area contributed by atoms with E-state index >= 15 is 0 Å². The normalized spacial score (nSPS) is 27.3. The first kappa shape index (κ1) is 38.8. The van der Waals surface area contributed by atoms with E-state index in [-0.39, 0.29) is 36.4 Å². The van der Waals surface area contributed by atoms with E-state index in [1.54, 1.807) is 18.2 Å². The number of pyridine rings is 1. The molecule has 55 heavy (non-hydrogen) atoms. The second-order valence-corrected chi connectivity index (χ2v) is 17.9. The topological polar surface area (TPSA) is 169 Å². The number of rotatable bonds is 12. The molecule has 3 saturated carbocycles. The van der Waals surface area contributed by atoms with Crippen LogP contribution in [-0.2, 0) is 19.1 Å². The van der Waals surface area contributed by atoms with Crippen LogP contribution in [0.2, 0.25) is 5.02 Å². The molecule has 3 heterocycles. The Bertz CT molecular complexity index is 2040. The molecule has 4 fully saturated rings. The molecule has 294 valence electrons. The van der Waals surface area contributed by atoms with Crippen molar-refractivity contribution in [3.05, 3.63) is 47.0 Å². The van der Waals surface area contributed by atoms with E-state index in [0.29, 0.717) is 44.9 Å². The average molecular weight is 794 g/mol. The Morgan fingerprint density at radius 3 is 2.42 bits per heavy atom. The Kier molecular flexibility index (Phi) is 10.3. The third-order valence-electron chi connectivity index (χ3n) is 11.4. The van der Waals surface area contributed by atoms with Gasteiger partial charge in [0.05, 0.1) is 24.9 Å². The molecule has 3 N–H and O–H groups in total. The standard InChI is InChI=1S/C40H48ClN5O8S/c1-8-22-16-40(22,37(49)50)45-34(47)28-14-24(17-46(28)36(48)33(39(4,5)6)44-38(51)54-23-12-20-11-21(20)13-23)53-30-15-26(35-43-27(18-55-35)19(2)3)42-32-25(30)9-10-29(52-7)31(32)41/h8-10,15,18-24,28,33H,1,11-14,16-17H2,2-7H3,(H,44,51)(H,45,47)(H,49,50)/t20-,21+,22-,23+,24-,28+,33?,40-/m1/s1. The number of benzene rings is 1. The monoisotopic (exact) mass is 793 g/mol. The number of halogens is 1. The van der Waals surface area contributed by atoms with Gasteiger partial charge in [-0.2, -0.15) is 0 Å². The quantitative estimate of drug-likeness (QED) is 0.170. The van der Waals surface area contributed by atoms with E-state index < -0.39 is 58.9 Å². The van der Waals surface area contributed by atoms with Gasteiger partial charge in [0.2, 0.25) is 11.8 Å². The summed E-state index contributed by atoms with van der Waals surface area (Å²) in [4.78, 5) is 65.4. The van der Waals surface area contributed by atoms with Gasteiger partial charge in [-0.15, -0.1) is 17.9 Å². The lowest BCUT2D eigenvalue weighted by molar-refractivity contribution is -0.146. The van der Waals surface area contributed by atoms with Gasteiger partial charge >= 0.3 is 12.1 Å². The highest BCUT2D eigenvalue weighted by molar-refractivity contribution is 7.13. The third kappa shape index (κ3) is 7.59. The van der Waals surface area contributed by atoms with Gasteiger partial charge < -0.3 is 34.9 Å². The number of carbonyl (C=O) groups excluding carboxylic acids is 3. The predicted molar refractivity (Wildman–Crippen MR) is 207 cm³/mol. The van der Waals surface area contributed by atoms with Crippen molar-refractivity contribution in [2.75, 3.05) is 13.7 Å². The van der Waals surface area contributed by atoms with E-state index in [2.05, 4.69) is 31.1 Å². The van der Waals surface area contributed by atoms with Crippen LogP contribution in [0.4, 0.5) is 4.79 Å². The number of aromatic nitrogens is 2. The fourth-order valence-electron chi connectivity index (χ4n) is 7.99. The number of ether oxygens (including phenoxy) is 3. The van der Waals surface area contributed by atoms with E-state index in [0.717, 1.165) is 18.5 Å². The molecule has 4 aliphatic rings. The van der Waals surface area contributed by atoms with Crippen molar-refractivity contribution < 1.29 is 38.5 Å². The van der Waals surface area contributed by atoms with Gasteiger partial charge in [0.15, 0.2) is 0 Å². The number of alkyl carbamates (subject to hydrolysis) is 1. The molecular weight excluding hydrogens is 746 g/mol. The van der Waals surface area contributed by atoms with Crippen LogP contribution in [-0.4, -0.2) is 87.3 Å². The Labute approximate surface area is 329 Å². The summed E-state index contributed by atoms with van der Waals surface area (Å²) in [7, 11) is 1.52. The van der Waals surface area contributed by atoms with Crippen LogP contribution < -0.4 is 20.1 Å². The molecule has 13 nitrogen and oxygen atoms in total. The second kappa shape index (κ2) is 14.6. The van der Waals surface area contributed by atoms with Crippen molar-refractivity contribution in [3.8, 4) is 22.2 Å². The van der Waals surface area contributed by atoms with E-state index in [1.165, 1.54) is 35.8 Å². The number of methoxy groups -OCH3 is 1. The highest BCUT2D eigenvalue weighted by Crippen LogP contribution is 2.52. The van der Waals surface area contributed by atoms with E-state index in [4.69, 9.17) is 35.8 Å². The number of carboxylic acid groups (broad SMARTS) is 1. The summed E-state index contributed by atoms with van der Waals surface area (Å²) < 4.78 is 17.9. The lowest BCUT2D eigenvalue weighted by Gasteiger charge is -2.35. The number of aliphatic carboxylic acids is 1. The smallest absolute Gasteiger partial charge is 0.408 e. The number of fused-ring (bicyclic) bond motifs is 2. The lowest BCUT2D eigenvalue weighted by atomic mass is 9.85. The van der Waals surface area contributed by atoms with Gasteiger partial charge in [0.25, 0.3) is 0 Å². The molecule has 0 bridgehead atoms. The molecule has 1 aliphatic heterocycles. The summed E-state index contributed by atoms with van der Waals surface area (Å²) in [5, 5.41) is 19.2. The third-order valence-corrected chi connectivity index (χ3v) is 12.7. The maximum absolute atomic E-state index is 14.6. The second-order valence-electron chi connectivity index (χ2n) is 16.7. The minimum absolute atomic E-state index is 0.0328. The van der Waals surface area contributed by atoms with Crippen molar-refractivity contribution in [2.45, 2.75) is 102 Å². The summed E-state index contributed by atoms with van der Waals surface area (Å²) >= 11 is 8.25. The highest BCUT2D eigenvalue weighted by atomic mass is 35.5. The molecule has 2 aromatic heterocycles. The first-order valence-electron chi connectivity index (χ1n) is 18.8. The molecule has 3 amide bonds. The average Bonchev–Trinajstić information content (AvgIpc) is 3.77. The molecular formula is C40H48ClN5O8S. The number of carboxylic acids is 1. The van der Waals surface area contributed by atoms with Gasteiger partial charge in [-0.05, 0) is 61.0 Å². The Morgan fingerprint density at radius 1 is 1.09 bits per heavy atom. The first-order valence-corrected chi connectivity index (χ1v) is 20.0. The number of amides is 3. The molecule has 0 radical (unpaired) electrons. The van der Waals surface area contributed by atoms with Crippen molar-refractivity contribution in [2.24, 2.45) is 23.2 Å². The summed E-state index contributed by atoms with van der Waals surface area (Å²) in [6, 6.07) is 3.08. The summed E-state index contributed by atoms with van der Waals surface area (Å²) in [6.07, 6.45) is 2.94. The summed E-state index contributed by atoms with van der Waals surface area (Å²) in [6.45, 7) is 13.3. The number of carbonyl (C=O) groups is 4. The van der Waals surface area contributed by atoms with Crippen LogP contribution in [0.15, 0.2) is 36.2 Å². The number of thiazole rings is 1. The van der Waals surface area contributed by atoms with Gasteiger partial charge in [-0.25, -0.2) is 19.6 Å². The highest BCUT2D eigenvalue weighted by Gasteiger charge is 2.61. The van der Waals surface area contributed by atoms with Gasteiger partial charge in [0, 0.05) is 29.2 Å². The molecule has 1 saturated heterocycles. The molecule has 1 aromatic carbocycles. The predicted octanol–water partition coefficient (Wildman–Crippen LogP) is 6.58. The molecule has 7 rings (SSSR count). The maximum atomic E-state index is 14.6. The Balaban J connectivity index is 1.21. The molecule has 0 spiro atoms. The number of nitrogens with zero attached hydrogens (tertiary/aromatic N) is 3. The van der Waals surface area contributed by atoms with Crippen molar-refractivity contribution >= 4 is 57.7 Å². The van der Waals surface area contributed by atoms with Crippen LogP contribution in [0.3, 0.4) is 0 Å². The number of likely N-dealkylation sites (tertiary alicyclic amines) is 1. The van der Waals surface area contributed by atoms with Crippen molar-refractivity contribution in [3.63, 3.8) is 0 Å². The fourth-order valence-corrected chi connectivity index (χ4v) is 9.21. The SMILES string of the molecule is C=C[C@@H]1C[C@]1(NC(=O)[C@@H]1C[C@@H](Oc2cc(-c3nc(C(C)C)cs3)nc3c(Cl)c(OC)ccc23)CN1C(=O)C(NC(=O)O[C@@H]1C[C@@H]2C[C@@H]2C1)C(C)(C)C)C(=O)O. The minimum atomic E-state index is -1.52. The summed E-state index contributed by atoms with van der Waals surface area (Å²) in [5.41, 5.74) is -0.432. The van der Waals surface area contributed by atoms with E-state index in [1.807, 2.05) is 26.2 Å². The zero-order chi connectivity index (χ0) is 39.6. The zero-order valence-corrected chi connectivity index (χ0v) is 33.5. The largest absolute Gasteiger partial charge is 0.495 e. The Hall–Kier alpha value is -4.43. The first-order chi connectivity index (χ1) is 26.0. The van der Waals surface area contributed by atoms with Crippen LogP contribution in [0.1, 0.15) is 78.3 Å². The van der Waals surface area contributed by atoms with Gasteiger partial charge in [-0.3, -0.25) is 9.59 Å². The molecule has 8 atom stereocenters. The zero-order valence-electron chi connectivity index (χ0n) is 31.9. The van der Waals surface area contributed by atoms with Crippen LogP contribution in [0, 0.1) is 23.2 Å². The Morgan fingerprint density at radius 2 is 1.82 bits per heavy atom. The van der Waals surface area contributed by atoms with Crippen LogP contribution >= 0.6 is 22.9 Å². The van der Waals surface area contributed by atoms with Crippen LogP contribution in [0.25, 0.3) is 21.6 Å². The molecule has 3 aromatic rings. The number of nitrogens with one attached hydrogen (secondary N) is 2. The van der Waals surface area contributed by atoms with Crippen molar-refractivity contribution in [1.29, 1.82) is 0 Å². The van der Waals surface area contributed by atoms with Gasteiger partial charge in [0.1, 0.15) is 57.1 Å². The summed E-state index contributed by atoms with van der Waals surface area (Å²) in [5.74, 6) is -0.546.